The Hall–Kier alpha value is -0.880. The third-order valence-corrected chi connectivity index (χ3v) is 3.86. The van der Waals surface area contributed by atoms with Crippen molar-refractivity contribution in [1.29, 1.82) is 0 Å². The van der Waals surface area contributed by atoms with E-state index >= 15 is 0 Å². The van der Waals surface area contributed by atoms with Gasteiger partial charge in [-0.05, 0) is 44.9 Å². The lowest BCUT2D eigenvalue weighted by atomic mass is 10.0. The van der Waals surface area contributed by atoms with Crippen LogP contribution in [0.4, 0.5) is 0 Å². The number of hydrogen-bond acceptors (Lipinski definition) is 3. The molecule has 1 atom stereocenters. The molecule has 0 radical (unpaired) electrons. The van der Waals surface area contributed by atoms with Crippen LogP contribution in [0.25, 0.3) is 0 Å². The zero-order valence-corrected chi connectivity index (χ0v) is 11.1. The van der Waals surface area contributed by atoms with Gasteiger partial charge in [-0.25, -0.2) is 9.89 Å². The Morgan fingerprint density at radius 3 is 2.82 bits per heavy atom. The topological polar surface area (TPSA) is 56.8 Å². The molecule has 1 unspecified atom stereocenters. The summed E-state index contributed by atoms with van der Waals surface area (Å²) in [5.41, 5.74) is -0.137. The van der Waals surface area contributed by atoms with Crippen LogP contribution in [0.3, 0.4) is 0 Å². The van der Waals surface area contributed by atoms with Crippen molar-refractivity contribution < 1.29 is 0 Å². The van der Waals surface area contributed by atoms with Crippen LogP contribution in [-0.4, -0.2) is 38.8 Å². The maximum Gasteiger partial charge on any atom is 0.342 e. The van der Waals surface area contributed by atoms with E-state index in [0.29, 0.717) is 17.4 Å². The monoisotopic (exact) mass is 256 g/mol. The molecule has 0 saturated carbocycles. The first-order valence-corrected chi connectivity index (χ1v) is 6.71. The molecule has 0 spiro atoms. The normalized spacial score (nSPS) is 21.8. The van der Waals surface area contributed by atoms with Crippen molar-refractivity contribution in [1.82, 2.24) is 19.7 Å². The van der Waals surface area contributed by atoms with Crippen LogP contribution >= 0.6 is 12.2 Å². The average Bonchev–Trinajstić information content (AvgIpc) is 2.63. The maximum absolute atomic E-state index is 11.4. The number of rotatable bonds is 4. The van der Waals surface area contributed by atoms with Gasteiger partial charge in [0.25, 0.3) is 0 Å². The van der Waals surface area contributed by atoms with Crippen molar-refractivity contribution >= 4 is 12.2 Å². The third-order valence-electron chi connectivity index (χ3n) is 3.53. The smallest absolute Gasteiger partial charge is 0.301 e. The van der Waals surface area contributed by atoms with E-state index in [9.17, 15) is 4.79 Å². The predicted molar refractivity (Wildman–Crippen MR) is 69.7 cm³/mol. The number of nitrogens with zero attached hydrogens (tertiary/aromatic N) is 2. The fraction of sp³-hybridized carbons (Fsp3) is 0.818. The lowest BCUT2D eigenvalue weighted by Crippen LogP contribution is -2.38. The number of nitrogens with one attached hydrogen (secondary N) is 2. The first kappa shape index (κ1) is 12.6. The number of hydrogen-bond donors (Lipinski definition) is 2. The summed E-state index contributed by atoms with van der Waals surface area (Å²) in [6.45, 7) is 5.22. The second kappa shape index (κ2) is 5.64. The van der Waals surface area contributed by atoms with Gasteiger partial charge < -0.3 is 4.90 Å². The van der Waals surface area contributed by atoms with E-state index in [1.165, 1.54) is 25.8 Å². The second-order valence-electron chi connectivity index (χ2n) is 4.75. The number of aromatic amines is 2. The molecule has 0 amide bonds. The molecule has 2 heterocycles. The summed E-state index contributed by atoms with van der Waals surface area (Å²) < 4.78 is 2.07. The number of aromatic nitrogens is 3. The van der Waals surface area contributed by atoms with Crippen LogP contribution in [0.1, 0.15) is 32.6 Å². The van der Waals surface area contributed by atoms with Crippen molar-refractivity contribution in [3.05, 3.63) is 15.3 Å². The van der Waals surface area contributed by atoms with E-state index in [1.54, 1.807) is 4.57 Å². The van der Waals surface area contributed by atoms with E-state index in [4.69, 9.17) is 12.2 Å². The third kappa shape index (κ3) is 3.07. The molecule has 1 saturated heterocycles. The molecule has 0 aliphatic carbocycles. The molecule has 0 bridgehead atoms. The first-order chi connectivity index (χ1) is 8.18. The fourth-order valence-corrected chi connectivity index (χ4v) is 2.68. The highest BCUT2D eigenvalue weighted by atomic mass is 32.1. The Balaban J connectivity index is 1.83. The van der Waals surface area contributed by atoms with Gasteiger partial charge in [0.1, 0.15) is 0 Å². The minimum atomic E-state index is -0.137. The van der Waals surface area contributed by atoms with Gasteiger partial charge in [0, 0.05) is 19.1 Å². The Morgan fingerprint density at radius 2 is 2.18 bits per heavy atom. The van der Waals surface area contributed by atoms with Crippen molar-refractivity contribution in [2.45, 2.75) is 45.2 Å². The molecule has 5 nitrogen and oxygen atoms in total. The average molecular weight is 256 g/mol. The van der Waals surface area contributed by atoms with Gasteiger partial charge in [-0.1, -0.05) is 6.42 Å². The molecule has 6 heteroatoms. The highest BCUT2D eigenvalue weighted by Crippen LogP contribution is 2.16. The fourth-order valence-electron chi connectivity index (χ4n) is 2.46. The largest absolute Gasteiger partial charge is 0.342 e. The lowest BCUT2D eigenvalue weighted by Gasteiger charge is -2.33. The number of H-pyrrole nitrogens is 2. The van der Waals surface area contributed by atoms with Crippen LogP contribution in [-0.2, 0) is 6.54 Å². The van der Waals surface area contributed by atoms with Crippen LogP contribution < -0.4 is 5.69 Å². The maximum atomic E-state index is 11.4. The van der Waals surface area contributed by atoms with E-state index < -0.39 is 0 Å². The van der Waals surface area contributed by atoms with E-state index in [-0.39, 0.29) is 5.69 Å². The summed E-state index contributed by atoms with van der Waals surface area (Å²) in [5.74, 6) is 0. The molecule has 17 heavy (non-hydrogen) atoms. The zero-order valence-electron chi connectivity index (χ0n) is 10.2. The molecule has 1 aromatic rings. The molecular weight excluding hydrogens is 236 g/mol. The van der Waals surface area contributed by atoms with Crippen LogP contribution in [0.15, 0.2) is 4.79 Å². The van der Waals surface area contributed by atoms with Crippen LogP contribution in [0, 0.1) is 4.77 Å². The minimum Gasteiger partial charge on any atom is -0.301 e. The number of likely N-dealkylation sites (tertiary alicyclic amines) is 1. The first-order valence-electron chi connectivity index (χ1n) is 6.30. The molecule has 1 fully saturated rings. The van der Waals surface area contributed by atoms with Crippen LogP contribution in [0.2, 0.25) is 0 Å². The summed E-state index contributed by atoms with van der Waals surface area (Å²) >= 11 is 5.03. The van der Waals surface area contributed by atoms with Gasteiger partial charge >= 0.3 is 5.69 Å². The highest BCUT2D eigenvalue weighted by molar-refractivity contribution is 7.71. The van der Waals surface area contributed by atoms with E-state index in [2.05, 4.69) is 22.0 Å². The molecule has 1 aliphatic rings. The quantitative estimate of drug-likeness (QED) is 0.803. The molecule has 1 aromatic heterocycles. The van der Waals surface area contributed by atoms with Crippen molar-refractivity contribution in [3.63, 3.8) is 0 Å². The SMILES string of the molecule is CC1CCCCN1CCCn1c(=O)[nH][nH]c1=S. The zero-order chi connectivity index (χ0) is 12.3. The van der Waals surface area contributed by atoms with Crippen molar-refractivity contribution in [2.24, 2.45) is 0 Å². The second-order valence-corrected chi connectivity index (χ2v) is 5.13. The summed E-state index contributed by atoms with van der Waals surface area (Å²) in [4.78, 5) is 13.9. The Kier molecular flexibility index (Phi) is 4.17. The van der Waals surface area contributed by atoms with Crippen molar-refractivity contribution in [3.8, 4) is 0 Å². The molecule has 2 rings (SSSR count). The van der Waals surface area contributed by atoms with Gasteiger partial charge in [-0.2, -0.15) is 0 Å². The molecular formula is C11H20N4OS. The van der Waals surface area contributed by atoms with Gasteiger partial charge in [-0.3, -0.25) is 9.67 Å². The minimum absolute atomic E-state index is 0.137. The number of piperidine rings is 1. The lowest BCUT2D eigenvalue weighted by molar-refractivity contribution is 0.156. The van der Waals surface area contributed by atoms with Crippen molar-refractivity contribution in [2.75, 3.05) is 13.1 Å². The summed E-state index contributed by atoms with van der Waals surface area (Å²) in [5, 5.41) is 5.16. The highest BCUT2D eigenvalue weighted by Gasteiger charge is 2.17. The molecule has 2 N–H and O–H groups in total. The Labute approximate surface area is 106 Å². The summed E-state index contributed by atoms with van der Waals surface area (Å²) in [6, 6.07) is 0.682. The molecule has 96 valence electrons. The standard InChI is InChI=1S/C11H20N4OS/c1-9-5-2-3-6-14(9)7-4-8-15-10(16)12-13-11(15)17/h9H,2-8H2,1H3,(H,12,16)(H,13,17). The van der Waals surface area contributed by atoms with Gasteiger partial charge in [-0.15, -0.1) is 0 Å². The molecule has 1 aliphatic heterocycles. The molecule has 0 aromatic carbocycles. The van der Waals surface area contributed by atoms with Gasteiger partial charge in [0.15, 0.2) is 4.77 Å². The van der Waals surface area contributed by atoms with E-state index in [1.807, 2.05) is 0 Å². The van der Waals surface area contributed by atoms with Gasteiger partial charge in [0.2, 0.25) is 0 Å². The van der Waals surface area contributed by atoms with E-state index in [0.717, 1.165) is 13.0 Å². The predicted octanol–water partition coefficient (Wildman–Crippen LogP) is 1.50. The summed E-state index contributed by atoms with van der Waals surface area (Å²) in [7, 11) is 0. The Morgan fingerprint density at radius 1 is 1.35 bits per heavy atom. The van der Waals surface area contributed by atoms with Gasteiger partial charge in [0.05, 0.1) is 0 Å². The van der Waals surface area contributed by atoms with Crippen LogP contribution in [0.5, 0.6) is 0 Å². The Bertz CT molecular complexity index is 433. The summed E-state index contributed by atoms with van der Waals surface area (Å²) in [6.07, 6.45) is 4.92.